The Morgan fingerprint density at radius 1 is 1.21 bits per heavy atom. The van der Waals surface area contributed by atoms with Crippen molar-refractivity contribution in [3.63, 3.8) is 0 Å². The highest BCUT2D eigenvalue weighted by atomic mass is 32.1. The number of nitrogens with zero attached hydrogens (tertiary/aromatic N) is 5. The third-order valence-corrected chi connectivity index (χ3v) is 5.23. The topological polar surface area (TPSA) is 97.6 Å². The highest BCUT2D eigenvalue weighted by Gasteiger charge is 2.18. The van der Waals surface area contributed by atoms with Crippen molar-refractivity contribution in [1.82, 2.24) is 29.8 Å². The molecule has 0 aliphatic carbocycles. The van der Waals surface area contributed by atoms with Gasteiger partial charge in [-0.15, -0.1) is 11.3 Å². The molecule has 0 saturated heterocycles. The van der Waals surface area contributed by atoms with E-state index in [1.54, 1.807) is 12.4 Å². The lowest BCUT2D eigenvalue weighted by Gasteiger charge is -2.14. The van der Waals surface area contributed by atoms with Gasteiger partial charge in [-0.05, 0) is 30.5 Å². The molecule has 0 spiro atoms. The van der Waals surface area contributed by atoms with Gasteiger partial charge in [0.2, 0.25) is 5.95 Å². The van der Waals surface area contributed by atoms with E-state index in [0.717, 1.165) is 21.7 Å². The number of carbonyl (C=O) groups is 1. The Balaban J connectivity index is 1.58. The molecule has 4 aromatic rings. The molecule has 9 heteroatoms. The third kappa shape index (κ3) is 3.70. The summed E-state index contributed by atoms with van der Waals surface area (Å²) in [5.41, 5.74) is 1.96. The molecule has 4 aromatic heterocycles. The molecule has 1 atom stereocenters. The second kappa shape index (κ2) is 7.73. The molecule has 0 aliphatic heterocycles. The highest BCUT2D eigenvalue weighted by Crippen LogP contribution is 2.25. The zero-order valence-electron chi connectivity index (χ0n) is 15.5. The first-order valence-corrected chi connectivity index (χ1v) is 9.67. The van der Waals surface area contributed by atoms with Crippen LogP contribution in [0.4, 0.5) is 5.95 Å². The Labute approximate surface area is 165 Å². The number of thiophene rings is 1. The molecule has 28 heavy (non-hydrogen) atoms. The summed E-state index contributed by atoms with van der Waals surface area (Å²) in [4.78, 5) is 30.4. The Morgan fingerprint density at radius 3 is 2.86 bits per heavy atom. The zero-order chi connectivity index (χ0) is 19.5. The standard InChI is InChI=1S/C19H19N7OS/c1-12(13-5-3-4-7-20-13)23-19-24-14-6-10-28-17(14)16(25-19)18(27)22-11-15-21-8-9-26(15)2/h3-10,12H,11H2,1-2H3,(H,22,27)(H,23,24,25)/t12-/m0/s1. The van der Waals surface area contributed by atoms with Gasteiger partial charge in [-0.2, -0.15) is 0 Å². The van der Waals surface area contributed by atoms with Gasteiger partial charge in [0, 0.05) is 25.6 Å². The van der Waals surface area contributed by atoms with E-state index in [2.05, 4.69) is 30.6 Å². The molecule has 4 rings (SSSR count). The van der Waals surface area contributed by atoms with Crippen LogP contribution in [0, 0.1) is 0 Å². The first kappa shape index (κ1) is 18.1. The molecule has 0 bridgehead atoms. The number of aryl methyl sites for hydroxylation is 1. The van der Waals surface area contributed by atoms with Crippen molar-refractivity contribution in [2.75, 3.05) is 5.32 Å². The molecule has 1 amide bonds. The monoisotopic (exact) mass is 393 g/mol. The molecule has 0 radical (unpaired) electrons. The lowest BCUT2D eigenvalue weighted by atomic mass is 10.2. The lowest BCUT2D eigenvalue weighted by Crippen LogP contribution is -2.26. The van der Waals surface area contributed by atoms with E-state index in [4.69, 9.17) is 0 Å². The number of aromatic nitrogens is 5. The van der Waals surface area contributed by atoms with Crippen LogP contribution < -0.4 is 10.6 Å². The van der Waals surface area contributed by atoms with Crippen LogP contribution >= 0.6 is 11.3 Å². The molecule has 2 N–H and O–H groups in total. The summed E-state index contributed by atoms with van der Waals surface area (Å²) in [5, 5.41) is 8.03. The molecule has 0 fully saturated rings. The van der Waals surface area contributed by atoms with Gasteiger partial charge < -0.3 is 15.2 Å². The summed E-state index contributed by atoms with van der Waals surface area (Å²) in [7, 11) is 1.89. The van der Waals surface area contributed by atoms with Crippen molar-refractivity contribution < 1.29 is 4.79 Å². The summed E-state index contributed by atoms with van der Waals surface area (Å²) in [5.74, 6) is 0.907. The first-order chi connectivity index (χ1) is 13.6. The molecule has 0 aromatic carbocycles. The van der Waals surface area contributed by atoms with E-state index in [0.29, 0.717) is 18.2 Å². The van der Waals surface area contributed by atoms with Crippen LogP contribution in [0.25, 0.3) is 10.2 Å². The lowest BCUT2D eigenvalue weighted by molar-refractivity contribution is 0.0946. The molecule has 0 aliphatic rings. The van der Waals surface area contributed by atoms with Crippen molar-refractivity contribution in [3.05, 3.63) is 65.4 Å². The van der Waals surface area contributed by atoms with Gasteiger partial charge >= 0.3 is 0 Å². The predicted molar refractivity (Wildman–Crippen MR) is 108 cm³/mol. The Kier molecular flexibility index (Phi) is 4.98. The van der Waals surface area contributed by atoms with Crippen LogP contribution in [0.3, 0.4) is 0 Å². The van der Waals surface area contributed by atoms with Gasteiger partial charge in [0.1, 0.15) is 5.82 Å². The van der Waals surface area contributed by atoms with Crippen LogP contribution in [0.2, 0.25) is 0 Å². The van der Waals surface area contributed by atoms with Crippen LogP contribution in [0.1, 0.15) is 35.0 Å². The van der Waals surface area contributed by atoms with Gasteiger partial charge in [-0.25, -0.2) is 15.0 Å². The van der Waals surface area contributed by atoms with Crippen LogP contribution in [0.15, 0.2) is 48.2 Å². The second-order valence-electron chi connectivity index (χ2n) is 6.29. The van der Waals surface area contributed by atoms with Crippen molar-refractivity contribution in [2.45, 2.75) is 19.5 Å². The van der Waals surface area contributed by atoms with E-state index in [-0.39, 0.29) is 11.9 Å². The minimum Gasteiger partial charge on any atom is -0.346 e. The molecule has 0 saturated carbocycles. The van der Waals surface area contributed by atoms with E-state index in [1.165, 1.54) is 11.3 Å². The van der Waals surface area contributed by atoms with Gasteiger partial charge in [0.25, 0.3) is 5.91 Å². The number of pyridine rings is 1. The van der Waals surface area contributed by atoms with E-state index < -0.39 is 0 Å². The van der Waals surface area contributed by atoms with Gasteiger partial charge in [0.05, 0.1) is 28.5 Å². The number of hydrogen-bond acceptors (Lipinski definition) is 7. The maximum Gasteiger partial charge on any atom is 0.271 e. The summed E-state index contributed by atoms with van der Waals surface area (Å²) >= 11 is 1.45. The maximum absolute atomic E-state index is 12.8. The summed E-state index contributed by atoms with van der Waals surface area (Å²) in [6, 6.07) is 7.52. The second-order valence-corrected chi connectivity index (χ2v) is 7.20. The number of imidazole rings is 1. The Bertz CT molecular complexity index is 1110. The van der Waals surface area contributed by atoms with Gasteiger partial charge in [-0.1, -0.05) is 6.07 Å². The average molecular weight is 393 g/mol. The molecular weight excluding hydrogens is 374 g/mol. The third-order valence-electron chi connectivity index (χ3n) is 4.32. The van der Waals surface area contributed by atoms with E-state index in [9.17, 15) is 4.79 Å². The average Bonchev–Trinajstić information content (AvgIpc) is 3.34. The first-order valence-electron chi connectivity index (χ1n) is 8.79. The van der Waals surface area contributed by atoms with Crippen molar-refractivity contribution in [2.24, 2.45) is 7.05 Å². The minimum absolute atomic E-state index is 0.0965. The predicted octanol–water partition coefficient (Wildman–Crippen LogP) is 2.92. The summed E-state index contributed by atoms with van der Waals surface area (Å²) < 4.78 is 2.62. The molecule has 142 valence electrons. The summed E-state index contributed by atoms with van der Waals surface area (Å²) in [6.45, 7) is 2.30. The zero-order valence-corrected chi connectivity index (χ0v) is 16.3. The number of amides is 1. The number of carbonyl (C=O) groups excluding carboxylic acids is 1. The normalized spacial score (nSPS) is 12.1. The molecular formula is C19H19N7OS. The Morgan fingerprint density at radius 2 is 2.11 bits per heavy atom. The summed E-state index contributed by atoms with van der Waals surface area (Å²) in [6.07, 6.45) is 5.28. The Hall–Kier alpha value is -3.33. The number of hydrogen-bond donors (Lipinski definition) is 2. The van der Waals surface area contributed by atoms with Crippen LogP contribution in [0.5, 0.6) is 0 Å². The number of nitrogens with one attached hydrogen (secondary N) is 2. The highest BCUT2D eigenvalue weighted by molar-refractivity contribution is 7.17. The molecule has 0 unspecified atom stereocenters. The SMILES string of the molecule is C[C@H](Nc1nc(C(=O)NCc2nccn2C)c2sccc2n1)c1ccccn1. The van der Waals surface area contributed by atoms with Crippen LogP contribution in [-0.2, 0) is 13.6 Å². The number of rotatable bonds is 6. The van der Waals surface area contributed by atoms with Crippen molar-refractivity contribution in [1.29, 1.82) is 0 Å². The van der Waals surface area contributed by atoms with Crippen molar-refractivity contribution in [3.8, 4) is 0 Å². The largest absolute Gasteiger partial charge is 0.346 e. The molecule has 4 heterocycles. The smallest absolute Gasteiger partial charge is 0.271 e. The molecule has 8 nitrogen and oxygen atoms in total. The maximum atomic E-state index is 12.8. The van der Waals surface area contributed by atoms with E-state index in [1.807, 2.05) is 54.4 Å². The fraction of sp³-hybridized carbons (Fsp3) is 0.211. The van der Waals surface area contributed by atoms with E-state index >= 15 is 0 Å². The van der Waals surface area contributed by atoms with Gasteiger partial charge in [-0.3, -0.25) is 9.78 Å². The quantitative estimate of drug-likeness (QED) is 0.523. The van der Waals surface area contributed by atoms with Gasteiger partial charge in [0.15, 0.2) is 5.69 Å². The minimum atomic E-state index is -0.258. The number of fused-ring (bicyclic) bond motifs is 1. The number of anilines is 1. The van der Waals surface area contributed by atoms with Crippen molar-refractivity contribution >= 4 is 33.4 Å². The van der Waals surface area contributed by atoms with Crippen LogP contribution in [-0.4, -0.2) is 30.4 Å². The fourth-order valence-corrected chi connectivity index (χ4v) is 3.61. The fourth-order valence-electron chi connectivity index (χ4n) is 2.79.